The number of likely N-dealkylation sites (tertiary alicyclic amines) is 1. The molecule has 2 aliphatic heterocycles. The van der Waals surface area contributed by atoms with E-state index in [4.69, 9.17) is 4.99 Å². The Morgan fingerprint density at radius 2 is 1.74 bits per heavy atom. The molecule has 176 valence electrons. The van der Waals surface area contributed by atoms with Gasteiger partial charge in [0.1, 0.15) is 11.4 Å². The van der Waals surface area contributed by atoms with Crippen molar-refractivity contribution in [2.75, 3.05) is 19.6 Å². The van der Waals surface area contributed by atoms with Gasteiger partial charge >= 0.3 is 0 Å². The number of nitrogens with zero attached hydrogens (tertiary/aromatic N) is 4. The zero-order valence-electron chi connectivity index (χ0n) is 19.7. The van der Waals surface area contributed by atoms with E-state index in [1.165, 1.54) is 0 Å². The normalized spacial score (nSPS) is 22.8. The Morgan fingerprint density at radius 3 is 2.51 bits per heavy atom. The minimum absolute atomic E-state index is 0.144. The van der Waals surface area contributed by atoms with Gasteiger partial charge in [0.2, 0.25) is 5.91 Å². The maximum absolute atomic E-state index is 13.3. The van der Waals surface area contributed by atoms with Gasteiger partial charge in [0.15, 0.2) is 0 Å². The van der Waals surface area contributed by atoms with Gasteiger partial charge in [-0.1, -0.05) is 36.4 Å². The lowest BCUT2D eigenvalue weighted by Crippen LogP contribution is -2.40. The van der Waals surface area contributed by atoms with Gasteiger partial charge in [-0.25, -0.2) is 0 Å². The van der Waals surface area contributed by atoms with Crippen LogP contribution in [0.4, 0.5) is 0 Å². The summed E-state index contributed by atoms with van der Waals surface area (Å²) in [6.07, 6.45) is 6.52. The number of rotatable bonds is 5. The number of carbonyl (C=O) groups is 2. The summed E-state index contributed by atoms with van der Waals surface area (Å²) in [6, 6.07) is 18.7. The van der Waals surface area contributed by atoms with Gasteiger partial charge in [-0.15, -0.1) is 0 Å². The molecule has 3 aromatic rings. The molecular weight excluding hydrogens is 436 g/mol. The average Bonchev–Trinajstić information content (AvgIpc) is 3.82. The molecule has 1 aromatic heterocycles. The molecule has 3 fully saturated rings. The number of aliphatic imine (C=N–C) groups is 1. The van der Waals surface area contributed by atoms with Crippen LogP contribution in [0.3, 0.4) is 0 Å². The zero-order chi connectivity index (χ0) is 23.6. The molecule has 6 nitrogen and oxygen atoms in total. The summed E-state index contributed by atoms with van der Waals surface area (Å²) < 4.78 is 0. The van der Waals surface area contributed by atoms with Crippen LogP contribution in [0.25, 0.3) is 22.0 Å². The first-order valence-corrected chi connectivity index (χ1v) is 12.8. The van der Waals surface area contributed by atoms with E-state index in [-0.39, 0.29) is 11.8 Å². The van der Waals surface area contributed by atoms with Crippen LogP contribution in [0.2, 0.25) is 0 Å². The van der Waals surface area contributed by atoms with E-state index < -0.39 is 5.54 Å². The Kier molecular flexibility index (Phi) is 4.60. The molecule has 6 heteroatoms. The highest BCUT2D eigenvalue weighted by molar-refractivity contribution is 6.16. The summed E-state index contributed by atoms with van der Waals surface area (Å²) in [5, 5.41) is 1.12. The molecule has 4 aliphatic rings. The van der Waals surface area contributed by atoms with Crippen molar-refractivity contribution in [2.24, 2.45) is 16.8 Å². The Morgan fingerprint density at radius 1 is 0.971 bits per heavy atom. The highest BCUT2D eigenvalue weighted by Gasteiger charge is 2.57. The third-order valence-electron chi connectivity index (χ3n) is 7.99. The van der Waals surface area contributed by atoms with Gasteiger partial charge < -0.3 is 4.90 Å². The summed E-state index contributed by atoms with van der Waals surface area (Å²) in [4.78, 5) is 39.1. The number of amides is 2. The molecule has 2 aliphatic carbocycles. The minimum Gasteiger partial charge on any atom is -0.342 e. The molecule has 0 bridgehead atoms. The van der Waals surface area contributed by atoms with Crippen LogP contribution >= 0.6 is 0 Å². The highest BCUT2D eigenvalue weighted by atomic mass is 16.2. The van der Waals surface area contributed by atoms with Crippen molar-refractivity contribution in [3.63, 3.8) is 0 Å². The first-order chi connectivity index (χ1) is 17.1. The number of benzene rings is 2. The summed E-state index contributed by atoms with van der Waals surface area (Å²) in [7, 11) is 0. The van der Waals surface area contributed by atoms with Gasteiger partial charge in [0.05, 0.1) is 5.52 Å². The monoisotopic (exact) mass is 464 g/mol. The lowest BCUT2D eigenvalue weighted by atomic mass is 10.0. The SMILES string of the molecule is O=C(C1CC1)N1CC[C@@H](CN2C(=O)C3(CC3)N=C2c2ccc(-c3ccc4ncccc4c3)cc2)C1. The number of hydrogen-bond acceptors (Lipinski definition) is 4. The van der Waals surface area contributed by atoms with Crippen LogP contribution in [0.1, 0.15) is 37.7 Å². The summed E-state index contributed by atoms with van der Waals surface area (Å²) in [6.45, 7) is 2.22. The van der Waals surface area contributed by atoms with Crippen molar-refractivity contribution in [3.8, 4) is 11.1 Å². The topological polar surface area (TPSA) is 65.9 Å². The van der Waals surface area contributed by atoms with Gasteiger partial charge in [-0.05, 0) is 67.3 Å². The number of aromatic nitrogens is 1. The van der Waals surface area contributed by atoms with E-state index in [1.807, 2.05) is 22.1 Å². The van der Waals surface area contributed by atoms with Crippen molar-refractivity contribution in [1.82, 2.24) is 14.8 Å². The molecule has 1 spiro atoms. The zero-order valence-corrected chi connectivity index (χ0v) is 19.7. The molecule has 2 aromatic carbocycles. The fourth-order valence-electron chi connectivity index (χ4n) is 5.59. The quantitative estimate of drug-likeness (QED) is 0.566. The van der Waals surface area contributed by atoms with Gasteiger partial charge in [-0.3, -0.25) is 24.5 Å². The smallest absolute Gasteiger partial charge is 0.256 e. The fourth-order valence-corrected chi connectivity index (χ4v) is 5.59. The molecule has 7 rings (SSSR count). The number of carbonyl (C=O) groups excluding carboxylic acids is 2. The fraction of sp³-hybridized carbons (Fsp3) is 0.379. The predicted molar refractivity (Wildman–Crippen MR) is 135 cm³/mol. The largest absolute Gasteiger partial charge is 0.342 e. The summed E-state index contributed by atoms with van der Waals surface area (Å²) >= 11 is 0. The third-order valence-corrected chi connectivity index (χ3v) is 7.99. The Hall–Kier alpha value is -3.54. The van der Waals surface area contributed by atoms with Gasteiger partial charge in [-0.2, -0.15) is 0 Å². The summed E-state index contributed by atoms with van der Waals surface area (Å²) in [5.41, 5.74) is 3.71. The van der Waals surface area contributed by atoms with E-state index in [0.29, 0.717) is 18.4 Å². The Balaban J connectivity index is 1.12. The maximum Gasteiger partial charge on any atom is 0.256 e. The van der Waals surface area contributed by atoms with Crippen LogP contribution < -0.4 is 0 Å². The van der Waals surface area contributed by atoms with Crippen LogP contribution in [0, 0.1) is 11.8 Å². The Labute approximate surface area is 204 Å². The van der Waals surface area contributed by atoms with Crippen LogP contribution in [-0.4, -0.2) is 57.6 Å². The van der Waals surface area contributed by atoms with Crippen molar-refractivity contribution in [2.45, 2.75) is 37.6 Å². The molecule has 2 saturated carbocycles. The molecule has 35 heavy (non-hydrogen) atoms. The maximum atomic E-state index is 13.3. The lowest BCUT2D eigenvalue weighted by Gasteiger charge is -2.23. The van der Waals surface area contributed by atoms with Crippen molar-refractivity contribution >= 4 is 28.6 Å². The second-order valence-electron chi connectivity index (χ2n) is 10.6. The van der Waals surface area contributed by atoms with E-state index in [1.54, 1.807) is 0 Å². The Bertz CT molecular complexity index is 1370. The van der Waals surface area contributed by atoms with Crippen LogP contribution in [-0.2, 0) is 9.59 Å². The van der Waals surface area contributed by atoms with Crippen LogP contribution in [0.5, 0.6) is 0 Å². The third kappa shape index (κ3) is 3.63. The number of fused-ring (bicyclic) bond motifs is 1. The van der Waals surface area contributed by atoms with E-state index >= 15 is 0 Å². The highest BCUT2D eigenvalue weighted by Crippen LogP contribution is 2.46. The second kappa shape index (κ2) is 7.74. The molecule has 1 saturated heterocycles. The minimum atomic E-state index is -0.526. The van der Waals surface area contributed by atoms with E-state index in [9.17, 15) is 9.59 Å². The summed E-state index contributed by atoms with van der Waals surface area (Å²) in [5.74, 6) is 1.82. The van der Waals surface area contributed by atoms with Gasteiger partial charge in [0, 0.05) is 42.7 Å². The van der Waals surface area contributed by atoms with Crippen LogP contribution in [0.15, 0.2) is 65.8 Å². The van der Waals surface area contributed by atoms with Crippen molar-refractivity contribution < 1.29 is 9.59 Å². The first-order valence-electron chi connectivity index (χ1n) is 12.8. The second-order valence-corrected chi connectivity index (χ2v) is 10.6. The van der Waals surface area contributed by atoms with Gasteiger partial charge in [0.25, 0.3) is 5.91 Å². The number of hydrogen-bond donors (Lipinski definition) is 0. The standard InChI is InChI=1S/C29H28N4O2/c34-27(22-7-8-22)32-15-11-19(17-32)18-33-26(31-29(12-13-29)28(33)35)21-5-3-20(4-6-21)23-9-10-25-24(16-23)2-1-14-30-25/h1-6,9-10,14,16,19,22H,7-8,11-13,15,17-18H2/t19-/m1/s1. The van der Waals surface area contributed by atoms with E-state index in [0.717, 1.165) is 78.6 Å². The molecule has 0 radical (unpaired) electrons. The molecular formula is C29H28N4O2. The van der Waals surface area contributed by atoms with E-state index in [2.05, 4.69) is 53.5 Å². The molecule has 1 atom stereocenters. The molecule has 3 heterocycles. The first kappa shape index (κ1) is 20.8. The predicted octanol–water partition coefficient (Wildman–Crippen LogP) is 4.28. The molecule has 0 unspecified atom stereocenters. The van der Waals surface area contributed by atoms with Crippen molar-refractivity contribution in [1.29, 1.82) is 0 Å². The molecule has 2 amide bonds. The number of amidine groups is 1. The molecule has 0 N–H and O–H groups in total. The average molecular weight is 465 g/mol. The lowest BCUT2D eigenvalue weighted by molar-refractivity contribution is -0.131. The van der Waals surface area contributed by atoms with Crippen molar-refractivity contribution in [3.05, 3.63) is 66.4 Å². The number of pyridine rings is 1.